The third-order valence-electron chi connectivity index (χ3n) is 1.71. The van der Waals surface area contributed by atoms with Crippen LogP contribution in [0.2, 0.25) is 0 Å². The number of nitrogens with zero attached hydrogens (tertiary/aromatic N) is 2. The SMILES string of the molecule is CC(=O)N(C)CC(C)C(N)=NO. The molecule has 0 aliphatic rings. The first-order valence-corrected chi connectivity index (χ1v) is 3.68. The van der Waals surface area contributed by atoms with E-state index in [9.17, 15) is 4.79 Å². The number of nitrogens with two attached hydrogens (primary N) is 1. The minimum Gasteiger partial charge on any atom is -0.409 e. The maximum absolute atomic E-state index is 10.8. The van der Waals surface area contributed by atoms with Crippen LogP contribution in [0.5, 0.6) is 0 Å². The summed E-state index contributed by atoms with van der Waals surface area (Å²) in [5.41, 5.74) is 5.33. The zero-order valence-corrected chi connectivity index (χ0v) is 7.61. The van der Waals surface area contributed by atoms with Crippen LogP contribution in [0.15, 0.2) is 5.16 Å². The largest absolute Gasteiger partial charge is 0.409 e. The molecule has 0 aliphatic carbocycles. The van der Waals surface area contributed by atoms with Crippen molar-refractivity contribution in [3.8, 4) is 0 Å². The Kier molecular flexibility index (Phi) is 4.10. The van der Waals surface area contributed by atoms with E-state index in [0.717, 1.165) is 0 Å². The van der Waals surface area contributed by atoms with Gasteiger partial charge in [-0.15, -0.1) is 0 Å². The molecule has 1 unspecified atom stereocenters. The summed E-state index contributed by atoms with van der Waals surface area (Å²) in [6.07, 6.45) is 0. The number of hydrogen-bond acceptors (Lipinski definition) is 3. The summed E-state index contributed by atoms with van der Waals surface area (Å²) in [6, 6.07) is 0. The van der Waals surface area contributed by atoms with Gasteiger partial charge in [-0.25, -0.2) is 0 Å². The molecule has 5 heteroatoms. The van der Waals surface area contributed by atoms with E-state index in [1.165, 1.54) is 11.8 Å². The van der Waals surface area contributed by atoms with E-state index >= 15 is 0 Å². The molecule has 3 N–H and O–H groups in total. The molecule has 70 valence electrons. The average Bonchev–Trinajstić information content (AvgIpc) is 2.02. The van der Waals surface area contributed by atoms with Gasteiger partial charge in [0.1, 0.15) is 5.84 Å². The van der Waals surface area contributed by atoms with Crippen molar-refractivity contribution in [1.29, 1.82) is 0 Å². The number of amides is 1. The number of carbonyl (C=O) groups excluding carboxylic acids is 1. The maximum atomic E-state index is 10.8. The fourth-order valence-electron chi connectivity index (χ4n) is 0.731. The second kappa shape index (κ2) is 4.58. The van der Waals surface area contributed by atoms with E-state index < -0.39 is 0 Å². The Balaban J connectivity index is 4.00. The van der Waals surface area contributed by atoms with E-state index in [4.69, 9.17) is 10.9 Å². The predicted octanol–water partition coefficient (Wildman–Crippen LogP) is -0.153. The highest BCUT2D eigenvalue weighted by Crippen LogP contribution is 1.97. The van der Waals surface area contributed by atoms with Crippen LogP contribution in [-0.2, 0) is 4.79 Å². The van der Waals surface area contributed by atoms with E-state index in [1.807, 2.05) is 0 Å². The normalized spacial score (nSPS) is 14.1. The van der Waals surface area contributed by atoms with Crippen LogP contribution in [0.4, 0.5) is 0 Å². The molecule has 0 radical (unpaired) electrons. The number of hydrogen-bond donors (Lipinski definition) is 2. The zero-order chi connectivity index (χ0) is 9.72. The lowest BCUT2D eigenvalue weighted by Crippen LogP contribution is -2.35. The Labute approximate surface area is 71.8 Å². The number of carbonyl (C=O) groups is 1. The molecular weight excluding hydrogens is 158 g/mol. The topological polar surface area (TPSA) is 78.9 Å². The number of amidine groups is 1. The summed E-state index contributed by atoms with van der Waals surface area (Å²) in [7, 11) is 1.67. The predicted molar refractivity (Wildman–Crippen MR) is 45.9 cm³/mol. The van der Waals surface area contributed by atoms with Crippen LogP contribution in [0, 0.1) is 5.92 Å². The Morgan fingerprint density at radius 2 is 2.25 bits per heavy atom. The minimum absolute atomic E-state index is 0.0346. The lowest BCUT2D eigenvalue weighted by Gasteiger charge is -2.18. The van der Waals surface area contributed by atoms with Crippen molar-refractivity contribution < 1.29 is 10.0 Å². The van der Waals surface area contributed by atoms with Crippen LogP contribution in [0.25, 0.3) is 0 Å². The molecule has 1 amide bonds. The summed E-state index contributed by atoms with van der Waals surface area (Å²) in [5, 5.41) is 11.2. The molecule has 0 aromatic rings. The highest BCUT2D eigenvalue weighted by Gasteiger charge is 2.11. The van der Waals surface area contributed by atoms with Gasteiger partial charge in [0.25, 0.3) is 0 Å². The molecule has 0 saturated carbocycles. The maximum Gasteiger partial charge on any atom is 0.219 e. The van der Waals surface area contributed by atoms with Crippen LogP contribution in [-0.4, -0.2) is 35.4 Å². The highest BCUT2D eigenvalue weighted by atomic mass is 16.4. The van der Waals surface area contributed by atoms with Gasteiger partial charge in [-0.1, -0.05) is 12.1 Å². The van der Waals surface area contributed by atoms with Crippen molar-refractivity contribution in [3.63, 3.8) is 0 Å². The van der Waals surface area contributed by atoms with E-state index in [1.54, 1.807) is 14.0 Å². The molecule has 0 spiro atoms. The lowest BCUT2D eigenvalue weighted by molar-refractivity contribution is -0.127. The third kappa shape index (κ3) is 3.23. The molecule has 0 aromatic heterocycles. The second-order valence-corrected chi connectivity index (χ2v) is 2.83. The van der Waals surface area contributed by atoms with Crippen molar-refractivity contribution >= 4 is 11.7 Å². The molecule has 5 nitrogen and oxygen atoms in total. The number of oxime groups is 1. The Bertz CT molecular complexity index is 191. The highest BCUT2D eigenvalue weighted by molar-refractivity contribution is 5.82. The summed E-state index contributed by atoms with van der Waals surface area (Å²) in [4.78, 5) is 12.3. The summed E-state index contributed by atoms with van der Waals surface area (Å²) in [6.45, 7) is 3.72. The van der Waals surface area contributed by atoms with Crippen molar-refractivity contribution in [1.82, 2.24) is 4.90 Å². The van der Waals surface area contributed by atoms with Crippen LogP contribution >= 0.6 is 0 Å². The van der Waals surface area contributed by atoms with Crippen LogP contribution < -0.4 is 5.73 Å². The summed E-state index contributed by atoms with van der Waals surface area (Å²) >= 11 is 0. The molecule has 0 heterocycles. The van der Waals surface area contributed by atoms with Crippen molar-refractivity contribution in [2.45, 2.75) is 13.8 Å². The van der Waals surface area contributed by atoms with Gasteiger partial charge in [-0.2, -0.15) is 0 Å². The van der Waals surface area contributed by atoms with E-state index in [2.05, 4.69) is 5.16 Å². The van der Waals surface area contributed by atoms with Crippen molar-refractivity contribution in [2.75, 3.05) is 13.6 Å². The first-order chi connectivity index (χ1) is 5.49. The Hall–Kier alpha value is -1.26. The first-order valence-electron chi connectivity index (χ1n) is 3.68. The van der Waals surface area contributed by atoms with Gasteiger partial charge in [0.05, 0.1) is 0 Å². The molecule has 0 aliphatic heterocycles. The average molecular weight is 173 g/mol. The van der Waals surface area contributed by atoms with Gasteiger partial charge in [0.15, 0.2) is 0 Å². The van der Waals surface area contributed by atoms with Gasteiger partial charge in [-0.05, 0) is 0 Å². The molecule has 0 aromatic carbocycles. The molecule has 12 heavy (non-hydrogen) atoms. The fourth-order valence-corrected chi connectivity index (χ4v) is 0.731. The molecule has 0 rings (SSSR count). The zero-order valence-electron chi connectivity index (χ0n) is 7.61. The number of rotatable bonds is 3. The monoisotopic (exact) mass is 173 g/mol. The first kappa shape index (κ1) is 10.7. The van der Waals surface area contributed by atoms with Gasteiger partial charge in [-0.3, -0.25) is 4.79 Å². The van der Waals surface area contributed by atoms with Gasteiger partial charge < -0.3 is 15.8 Å². The van der Waals surface area contributed by atoms with Crippen LogP contribution in [0.1, 0.15) is 13.8 Å². The molecule has 0 saturated heterocycles. The van der Waals surface area contributed by atoms with Gasteiger partial charge in [0, 0.05) is 26.4 Å². The fraction of sp³-hybridized carbons (Fsp3) is 0.714. The quantitative estimate of drug-likeness (QED) is 0.269. The third-order valence-corrected chi connectivity index (χ3v) is 1.71. The Morgan fingerprint density at radius 1 is 1.75 bits per heavy atom. The minimum atomic E-state index is -0.121. The van der Waals surface area contributed by atoms with Crippen LogP contribution in [0.3, 0.4) is 0 Å². The van der Waals surface area contributed by atoms with Gasteiger partial charge >= 0.3 is 0 Å². The standard InChI is InChI=1S/C7H15N3O2/c1-5(7(8)9-12)4-10(3)6(2)11/h5,12H,4H2,1-3H3,(H2,8,9). The van der Waals surface area contributed by atoms with Crippen molar-refractivity contribution in [3.05, 3.63) is 0 Å². The van der Waals surface area contributed by atoms with Gasteiger partial charge in [0.2, 0.25) is 5.91 Å². The lowest BCUT2D eigenvalue weighted by atomic mass is 10.1. The summed E-state index contributed by atoms with van der Waals surface area (Å²) < 4.78 is 0. The van der Waals surface area contributed by atoms with E-state index in [-0.39, 0.29) is 17.7 Å². The smallest absolute Gasteiger partial charge is 0.219 e. The molecule has 0 fully saturated rings. The molecule has 0 bridgehead atoms. The summed E-state index contributed by atoms with van der Waals surface area (Å²) in [5.74, 6) is -0.0143. The Morgan fingerprint density at radius 3 is 2.58 bits per heavy atom. The molecule has 1 atom stereocenters. The van der Waals surface area contributed by atoms with Crippen molar-refractivity contribution in [2.24, 2.45) is 16.8 Å². The second-order valence-electron chi connectivity index (χ2n) is 2.83. The van der Waals surface area contributed by atoms with E-state index in [0.29, 0.717) is 6.54 Å². The molecular formula is C7H15N3O2.